The molecule has 0 aliphatic heterocycles. The molecule has 0 heterocycles. The Morgan fingerprint density at radius 1 is 1.08 bits per heavy atom. The second-order valence-corrected chi connectivity index (χ2v) is 9.50. The molecule has 5 nitrogen and oxygen atoms in total. The van der Waals surface area contributed by atoms with Gasteiger partial charge in [0, 0.05) is 0 Å². The first-order chi connectivity index (χ1) is 11.9. The number of hydrogen-bond acceptors (Lipinski definition) is 3. The summed E-state index contributed by atoms with van der Waals surface area (Å²) in [5, 5.41) is 5.87. The van der Waals surface area contributed by atoms with Gasteiger partial charge in [-0.1, -0.05) is 0 Å². The molecule has 2 amide bonds. The fourth-order valence-corrected chi connectivity index (χ4v) is 4.70. The van der Waals surface area contributed by atoms with Crippen LogP contribution in [0.2, 0.25) is 0 Å². The predicted octanol–water partition coefficient (Wildman–Crippen LogP) is -0.841. The van der Waals surface area contributed by atoms with Gasteiger partial charge in [0.1, 0.15) is 0 Å². The summed E-state index contributed by atoms with van der Waals surface area (Å²) < 4.78 is 3.26. The summed E-state index contributed by atoms with van der Waals surface area (Å²) in [6.07, 6.45) is 1.88. The topological polar surface area (TPSA) is 61.4 Å². The van der Waals surface area contributed by atoms with Gasteiger partial charge in [-0.3, -0.25) is 0 Å². The fraction of sp³-hybridized carbons (Fsp3) is 0.579. The van der Waals surface area contributed by atoms with Gasteiger partial charge < -0.3 is 0 Å². The minimum absolute atomic E-state index is 0.00257. The molecule has 0 radical (unpaired) electrons. The third-order valence-corrected chi connectivity index (χ3v) is 6.63. The summed E-state index contributed by atoms with van der Waals surface area (Å²) in [5.41, 5.74) is 1.22. The van der Waals surface area contributed by atoms with Crippen LogP contribution in [0.1, 0.15) is 39.2 Å². The maximum atomic E-state index is 12.2. The number of carbonyl (C=O) groups is 2. The SMILES string of the molecule is CCCNC(=O)CN(CC(=O)NCCC(C)C)[I-]c1ccccc1C. The first-order valence-corrected chi connectivity index (χ1v) is 11.0. The zero-order chi connectivity index (χ0) is 18.7. The van der Waals surface area contributed by atoms with Gasteiger partial charge in [-0.2, -0.15) is 0 Å². The molecule has 0 unspecified atom stereocenters. The van der Waals surface area contributed by atoms with Gasteiger partial charge >= 0.3 is 163 Å². The van der Waals surface area contributed by atoms with E-state index < -0.39 is 21.5 Å². The molecule has 1 aromatic carbocycles. The molecule has 0 saturated heterocycles. The summed E-state index contributed by atoms with van der Waals surface area (Å²) in [7, 11) is 0. The quantitative estimate of drug-likeness (QED) is 0.335. The monoisotopic (exact) mass is 460 g/mol. The summed E-state index contributed by atoms with van der Waals surface area (Å²) in [6.45, 7) is 10.3. The zero-order valence-corrected chi connectivity index (χ0v) is 17.9. The van der Waals surface area contributed by atoms with Crippen molar-refractivity contribution in [3.63, 3.8) is 0 Å². The van der Waals surface area contributed by atoms with Crippen molar-refractivity contribution in [1.82, 2.24) is 13.7 Å². The molecule has 142 valence electrons. The number of benzene rings is 1. The molecule has 25 heavy (non-hydrogen) atoms. The van der Waals surface area contributed by atoms with E-state index in [0.29, 0.717) is 19.0 Å². The Kier molecular flexibility index (Phi) is 10.7. The number of carbonyl (C=O) groups excluding carboxylic acids is 2. The third-order valence-electron chi connectivity index (χ3n) is 3.53. The molecular formula is C19H31IN3O2-. The molecule has 6 heteroatoms. The molecule has 0 aliphatic carbocycles. The van der Waals surface area contributed by atoms with Crippen molar-refractivity contribution in [1.29, 1.82) is 0 Å². The Morgan fingerprint density at radius 3 is 2.24 bits per heavy atom. The van der Waals surface area contributed by atoms with E-state index in [1.807, 2.05) is 22.2 Å². The first kappa shape index (κ1) is 21.9. The summed E-state index contributed by atoms with van der Waals surface area (Å²) >= 11 is -0.561. The van der Waals surface area contributed by atoms with Crippen molar-refractivity contribution in [2.24, 2.45) is 5.92 Å². The van der Waals surface area contributed by atoms with E-state index in [9.17, 15) is 9.59 Å². The van der Waals surface area contributed by atoms with E-state index in [0.717, 1.165) is 12.8 Å². The van der Waals surface area contributed by atoms with Gasteiger partial charge in [0.2, 0.25) is 0 Å². The van der Waals surface area contributed by atoms with E-state index in [1.165, 1.54) is 9.13 Å². The number of nitrogens with one attached hydrogen (secondary N) is 2. The van der Waals surface area contributed by atoms with Gasteiger partial charge in [-0.25, -0.2) is 0 Å². The molecule has 1 aromatic rings. The Labute approximate surface area is 162 Å². The second kappa shape index (κ2) is 12.2. The van der Waals surface area contributed by atoms with Gasteiger partial charge in [-0.05, 0) is 0 Å². The molecule has 0 aliphatic rings. The number of halogens is 1. The Bertz CT molecular complexity index is 549. The van der Waals surface area contributed by atoms with Crippen molar-refractivity contribution in [3.05, 3.63) is 33.4 Å². The Balaban J connectivity index is 2.65. The van der Waals surface area contributed by atoms with Crippen LogP contribution >= 0.6 is 0 Å². The number of nitrogens with zero attached hydrogens (tertiary/aromatic N) is 1. The van der Waals surface area contributed by atoms with Crippen LogP contribution in [0.25, 0.3) is 0 Å². The van der Waals surface area contributed by atoms with E-state index in [-0.39, 0.29) is 24.9 Å². The number of amides is 2. The molecule has 0 aromatic heterocycles. The molecule has 0 fully saturated rings. The predicted molar refractivity (Wildman–Crippen MR) is 97.2 cm³/mol. The minimum atomic E-state index is -0.561. The van der Waals surface area contributed by atoms with Crippen molar-refractivity contribution in [3.8, 4) is 0 Å². The molecule has 1 rings (SSSR count). The summed E-state index contributed by atoms with van der Waals surface area (Å²) in [5.74, 6) is 0.554. The van der Waals surface area contributed by atoms with Crippen LogP contribution in [0.4, 0.5) is 0 Å². The molecular weight excluding hydrogens is 429 g/mol. The number of hydrogen-bond donors (Lipinski definition) is 2. The van der Waals surface area contributed by atoms with Gasteiger partial charge in [-0.15, -0.1) is 0 Å². The standard InChI is InChI=1S/C19H31IN3O2/c1-5-11-21-18(24)13-23(14-19(25)22-12-10-15(2)3)20-17-9-7-6-8-16(17)4/h6-9,15H,5,10-14H2,1-4H3,(H,21,24)(H,22,25)/q-1. The first-order valence-electron chi connectivity index (χ1n) is 8.91. The molecule has 2 N–H and O–H groups in total. The van der Waals surface area contributed by atoms with E-state index in [2.05, 4.69) is 43.5 Å². The molecule has 0 bridgehead atoms. The molecule has 0 spiro atoms. The second-order valence-electron chi connectivity index (χ2n) is 6.50. The van der Waals surface area contributed by atoms with Gasteiger partial charge in [0.25, 0.3) is 0 Å². The summed E-state index contributed by atoms with van der Waals surface area (Å²) in [6, 6.07) is 8.20. The van der Waals surface area contributed by atoms with Crippen molar-refractivity contribution >= 4 is 11.8 Å². The van der Waals surface area contributed by atoms with Crippen LogP contribution in [0.15, 0.2) is 24.3 Å². The number of aryl methyl sites for hydroxylation is 1. The Morgan fingerprint density at radius 2 is 1.68 bits per heavy atom. The van der Waals surface area contributed by atoms with Crippen molar-refractivity contribution in [2.45, 2.75) is 40.5 Å². The van der Waals surface area contributed by atoms with E-state index in [4.69, 9.17) is 0 Å². The Hall–Kier alpha value is -1.15. The zero-order valence-electron chi connectivity index (χ0n) is 15.8. The average Bonchev–Trinajstić information content (AvgIpc) is 2.54. The average molecular weight is 460 g/mol. The fourth-order valence-electron chi connectivity index (χ4n) is 2.08. The van der Waals surface area contributed by atoms with Crippen LogP contribution in [0, 0.1) is 16.4 Å². The van der Waals surface area contributed by atoms with Gasteiger partial charge in [0.15, 0.2) is 0 Å². The van der Waals surface area contributed by atoms with E-state index in [1.54, 1.807) is 0 Å². The van der Waals surface area contributed by atoms with Crippen LogP contribution in [0.3, 0.4) is 0 Å². The van der Waals surface area contributed by atoms with Crippen LogP contribution in [-0.2, 0) is 9.59 Å². The van der Waals surface area contributed by atoms with Crippen LogP contribution in [-0.4, -0.2) is 41.1 Å². The normalized spacial score (nSPS) is 11.1. The van der Waals surface area contributed by atoms with Crippen LogP contribution in [0.5, 0.6) is 0 Å². The van der Waals surface area contributed by atoms with Gasteiger partial charge in [0.05, 0.1) is 0 Å². The maximum absolute atomic E-state index is 12.2. The van der Waals surface area contributed by atoms with E-state index >= 15 is 0 Å². The van der Waals surface area contributed by atoms with Crippen LogP contribution < -0.4 is 32.1 Å². The van der Waals surface area contributed by atoms with Crippen molar-refractivity contribution < 1.29 is 31.1 Å². The third kappa shape index (κ3) is 9.79. The molecule has 0 atom stereocenters. The summed E-state index contributed by atoms with van der Waals surface area (Å²) in [4.78, 5) is 24.3. The molecule has 0 saturated carbocycles. The number of rotatable bonds is 11. The van der Waals surface area contributed by atoms with Crippen molar-refractivity contribution in [2.75, 3.05) is 26.2 Å².